The predicted octanol–water partition coefficient (Wildman–Crippen LogP) is 2.50. The Hall–Kier alpha value is -1.26. The summed E-state index contributed by atoms with van der Waals surface area (Å²) in [7, 11) is 0. The van der Waals surface area contributed by atoms with Crippen molar-refractivity contribution in [2.24, 2.45) is 17.6 Å². The Labute approximate surface area is 132 Å². The van der Waals surface area contributed by atoms with Crippen molar-refractivity contribution >= 4 is 18.3 Å². The molecule has 1 fully saturated rings. The molecule has 0 spiro atoms. The maximum Gasteiger partial charge on any atom is 0.223 e. The number of hydrogen-bond acceptors (Lipinski definition) is 3. The van der Waals surface area contributed by atoms with Crippen LogP contribution in [0, 0.1) is 11.8 Å². The van der Waals surface area contributed by atoms with Gasteiger partial charge in [-0.3, -0.25) is 4.79 Å². The van der Waals surface area contributed by atoms with Crippen molar-refractivity contribution in [1.29, 1.82) is 0 Å². The molecule has 1 amide bonds. The average molecular weight is 313 g/mol. The predicted molar refractivity (Wildman–Crippen MR) is 86.6 cm³/mol. The fraction of sp³-hybridized carbons (Fsp3) is 0.562. The van der Waals surface area contributed by atoms with Gasteiger partial charge in [0.15, 0.2) is 0 Å². The Bertz CT molecular complexity index is 454. The zero-order valence-electron chi connectivity index (χ0n) is 12.5. The fourth-order valence-electron chi connectivity index (χ4n) is 2.92. The number of amides is 1. The Morgan fingerprint density at radius 1 is 1.38 bits per heavy atom. The zero-order chi connectivity index (χ0) is 14.4. The number of ether oxygens (including phenoxy) is 1. The van der Waals surface area contributed by atoms with Crippen molar-refractivity contribution < 1.29 is 9.53 Å². The van der Waals surface area contributed by atoms with Gasteiger partial charge in [0.2, 0.25) is 5.91 Å². The molecule has 1 saturated carbocycles. The van der Waals surface area contributed by atoms with E-state index in [2.05, 4.69) is 5.32 Å². The number of halogens is 1. The van der Waals surface area contributed by atoms with Gasteiger partial charge in [-0.2, -0.15) is 0 Å². The maximum atomic E-state index is 12.2. The highest BCUT2D eigenvalue weighted by Gasteiger charge is 2.31. The van der Waals surface area contributed by atoms with Crippen LogP contribution in [0.2, 0.25) is 0 Å². The molecule has 5 heteroatoms. The third-order valence-electron chi connectivity index (χ3n) is 4.02. The van der Waals surface area contributed by atoms with Crippen molar-refractivity contribution in [3.05, 3.63) is 29.8 Å². The third-order valence-corrected chi connectivity index (χ3v) is 4.02. The van der Waals surface area contributed by atoms with Gasteiger partial charge in [0.1, 0.15) is 5.75 Å². The minimum absolute atomic E-state index is 0. The molecule has 0 heterocycles. The summed E-state index contributed by atoms with van der Waals surface area (Å²) in [5.41, 5.74) is 6.75. The summed E-state index contributed by atoms with van der Waals surface area (Å²) in [6.07, 6.45) is 3.14. The molecule has 1 aromatic carbocycles. The molecular weight excluding hydrogens is 288 g/mol. The molecule has 0 unspecified atom stereocenters. The molecule has 0 aliphatic heterocycles. The lowest BCUT2D eigenvalue weighted by Gasteiger charge is -2.18. The van der Waals surface area contributed by atoms with E-state index in [1.807, 2.05) is 31.2 Å². The van der Waals surface area contributed by atoms with Gasteiger partial charge in [-0.1, -0.05) is 24.6 Å². The molecule has 0 aromatic heterocycles. The Balaban J connectivity index is 0.00000220. The van der Waals surface area contributed by atoms with Crippen LogP contribution in [0.25, 0.3) is 0 Å². The first kappa shape index (κ1) is 17.8. The Kier molecular flexibility index (Phi) is 7.54. The molecule has 4 nitrogen and oxygen atoms in total. The smallest absolute Gasteiger partial charge is 0.223 e. The number of nitrogens with two attached hydrogens (primary N) is 1. The van der Waals surface area contributed by atoms with E-state index >= 15 is 0 Å². The molecule has 3 N–H and O–H groups in total. The summed E-state index contributed by atoms with van der Waals surface area (Å²) in [5, 5.41) is 3.03. The first-order valence-electron chi connectivity index (χ1n) is 7.44. The van der Waals surface area contributed by atoms with Crippen molar-refractivity contribution in [2.75, 3.05) is 13.2 Å². The van der Waals surface area contributed by atoms with Gasteiger partial charge >= 0.3 is 0 Å². The monoisotopic (exact) mass is 312 g/mol. The van der Waals surface area contributed by atoms with Gasteiger partial charge in [-0.25, -0.2) is 0 Å². The first-order chi connectivity index (χ1) is 9.76. The molecular formula is C16H25ClN2O2. The number of carbonyl (C=O) groups is 1. The van der Waals surface area contributed by atoms with Crippen molar-refractivity contribution in [1.82, 2.24) is 5.32 Å². The van der Waals surface area contributed by atoms with E-state index in [1.54, 1.807) is 0 Å². The second kappa shape index (κ2) is 8.90. The zero-order valence-corrected chi connectivity index (χ0v) is 13.3. The van der Waals surface area contributed by atoms with E-state index in [4.69, 9.17) is 10.5 Å². The molecule has 0 radical (unpaired) electrons. The van der Waals surface area contributed by atoms with Crippen molar-refractivity contribution in [3.63, 3.8) is 0 Å². The van der Waals surface area contributed by atoms with Crippen LogP contribution in [0.3, 0.4) is 0 Å². The van der Waals surface area contributed by atoms with Crippen molar-refractivity contribution in [2.45, 2.75) is 32.7 Å². The van der Waals surface area contributed by atoms with Crippen LogP contribution in [0.1, 0.15) is 31.7 Å². The molecule has 21 heavy (non-hydrogen) atoms. The second-order valence-electron chi connectivity index (χ2n) is 5.29. The third kappa shape index (κ3) is 4.61. The summed E-state index contributed by atoms with van der Waals surface area (Å²) in [5.74, 6) is 1.40. The second-order valence-corrected chi connectivity index (χ2v) is 5.29. The highest BCUT2D eigenvalue weighted by Crippen LogP contribution is 2.31. The normalized spacial score (nSPS) is 20.7. The number of benzene rings is 1. The van der Waals surface area contributed by atoms with Crippen LogP contribution in [0.15, 0.2) is 24.3 Å². The van der Waals surface area contributed by atoms with Gasteiger partial charge in [-0.05, 0) is 38.3 Å². The highest BCUT2D eigenvalue weighted by atomic mass is 35.5. The molecule has 0 bridgehead atoms. The number of rotatable bonds is 6. The van der Waals surface area contributed by atoms with Crippen LogP contribution in [0.5, 0.6) is 5.75 Å². The van der Waals surface area contributed by atoms with E-state index in [0.717, 1.165) is 30.6 Å². The summed E-state index contributed by atoms with van der Waals surface area (Å²) in [4.78, 5) is 12.2. The summed E-state index contributed by atoms with van der Waals surface area (Å²) in [6, 6.07) is 7.82. The van der Waals surface area contributed by atoms with Gasteiger partial charge in [0.25, 0.3) is 0 Å². The van der Waals surface area contributed by atoms with E-state index in [0.29, 0.717) is 25.6 Å². The quantitative estimate of drug-likeness (QED) is 0.848. The lowest BCUT2D eigenvalue weighted by atomic mass is 9.95. The van der Waals surface area contributed by atoms with Crippen LogP contribution >= 0.6 is 12.4 Å². The fourth-order valence-corrected chi connectivity index (χ4v) is 2.92. The molecule has 118 valence electrons. The molecule has 2 atom stereocenters. The molecule has 1 aliphatic carbocycles. The van der Waals surface area contributed by atoms with E-state index < -0.39 is 0 Å². The number of hydrogen-bond donors (Lipinski definition) is 2. The largest absolute Gasteiger partial charge is 0.494 e. The molecule has 0 saturated heterocycles. The summed E-state index contributed by atoms with van der Waals surface area (Å²) < 4.78 is 5.57. The standard InChI is InChI=1S/C16H24N2O2.ClH/c1-2-20-15-9-4-3-6-13(15)11-18-16(19)14-8-5-7-12(14)10-17;/h3-4,6,9,12,14H,2,5,7-8,10-11,17H2,1H3,(H,18,19);1H/t12-,14-;/m1./s1. The van der Waals surface area contributed by atoms with Gasteiger partial charge in [0.05, 0.1) is 6.61 Å². The molecule has 1 aliphatic rings. The van der Waals surface area contributed by atoms with Crippen LogP contribution in [-0.2, 0) is 11.3 Å². The van der Waals surface area contributed by atoms with E-state index in [1.165, 1.54) is 0 Å². The minimum Gasteiger partial charge on any atom is -0.494 e. The van der Waals surface area contributed by atoms with Gasteiger partial charge in [-0.15, -0.1) is 12.4 Å². The summed E-state index contributed by atoms with van der Waals surface area (Å²) in [6.45, 7) is 3.71. The average Bonchev–Trinajstić information content (AvgIpc) is 2.95. The summed E-state index contributed by atoms with van der Waals surface area (Å²) >= 11 is 0. The Morgan fingerprint density at radius 2 is 2.14 bits per heavy atom. The van der Waals surface area contributed by atoms with Gasteiger partial charge < -0.3 is 15.8 Å². The topological polar surface area (TPSA) is 64.3 Å². The number of carbonyl (C=O) groups excluding carboxylic acids is 1. The lowest BCUT2D eigenvalue weighted by Crippen LogP contribution is -2.34. The maximum absolute atomic E-state index is 12.2. The highest BCUT2D eigenvalue weighted by molar-refractivity contribution is 5.85. The van der Waals surface area contributed by atoms with E-state index in [9.17, 15) is 4.79 Å². The number of nitrogens with one attached hydrogen (secondary N) is 1. The minimum atomic E-state index is 0. The number of para-hydroxylation sites is 1. The van der Waals surface area contributed by atoms with Crippen molar-refractivity contribution in [3.8, 4) is 5.75 Å². The molecule has 2 rings (SSSR count). The van der Waals surface area contributed by atoms with Crippen LogP contribution in [-0.4, -0.2) is 19.1 Å². The Morgan fingerprint density at radius 3 is 2.86 bits per heavy atom. The van der Waals surface area contributed by atoms with Crippen LogP contribution < -0.4 is 15.8 Å². The van der Waals surface area contributed by atoms with E-state index in [-0.39, 0.29) is 24.2 Å². The molecule has 1 aromatic rings. The first-order valence-corrected chi connectivity index (χ1v) is 7.44. The van der Waals surface area contributed by atoms with Crippen LogP contribution in [0.4, 0.5) is 0 Å². The lowest BCUT2D eigenvalue weighted by molar-refractivity contribution is -0.126. The van der Waals surface area contributed by atoms with Gasteiger partial charge in [0, 0.05) is 18.0 Å². The SMILES string of the molecule is CCOc1ccccc1CNC(=O)[C@@H]1CCC[C@@H]1CN.Cl.